The van der Waals surface area contributed by atoms with E-state index in [1.807, 2.05) is 24.3 Å². The Labute approximate surface area is 257 Å². The summed E-state index contributed by atoms with van der Waals surface area (Å²) < 4.78 is 48.3. The number of phenols is 1. The van der Waals surface area contributed by atoms with Crippen molar-refractivity contribution in [3.05, 3.63) is 117 Å². The van der Waals surface area contributed by atoms with Crippen molar-refractivity contribution in [1.29, 1.82) is 0 Å². The van der Waals surface area contributed by atoms with E-state index < -0.39 is 15.8 Å². The summed E-state index contributed by atoms with van der Waals surface area (Å²) in [5.41, 5.74) is 2.64. The lowest BCUT2D eigenvalue weighted by molar-refractivity contribution is 0.393. The minimum Gasteiger partial charge on any atom is -0.505 e. The molecule has 0 unspecified atom stereocenters. The first-order valence-electron chi connectivity index (χ1n) is 13.9. The van der Waals surface area contributed by atoms with Gasteiger partial charge in [0.05, 0.1) is 5.02 Å². The van der Waals surface area contributed by atoms with Gasteiger partial charge in [0.2, 0.25) is 10.0 Å². The number of hydrogen-bond donors (Lipinski definition) is 1. The van der Waals surface area contributed by atoms with Gasteiger partial charge in [0.1, 0.15) is 22.2 Å². The van der Waals surface area contributed by atoms with E-state index in [9.17, 15) is 17.9 Å². The van der Waals surface area contributed by atoms with E-state index >= 15 is 0 Å². The van der Waals surface area contributed by atoms with E-state index in [4.69, 9.17) is 27.9 Å². The molecule has 0 saturated heterocycles. The molecule has 1 N–H and O–H groups in total. The fourth-order valence-corrected chi connectivity index (χ4v) is 6.76. The molecule has 4 aromatic carbocycles. The Kier molecular flexibility index (Phi) is 11.3. The molecular weight excluding hydrogens is 596 g/mol. The number of aryl methyl sites for hydroxylation is 1. The molecule has 0 amide bonds. The largest absolute Gasteiger partial charge is 0.505 e. The second kappa shape index (κ2) is 14.9. The highest BCUT2D eigenvalue weighted by Gasteiger charge is 2.29. The maximum absolute atomic E-state index is 14.0. The van der Waals surface area contributed by atoms with Crippen molar-refractivity contribution < 1.29 is 22.7 Å². The van der Waals surface area contributed by atoms with Crippen LogP contribution in [0.1, 0.15) is 55.7 Å². The number of ether oxygens (including phenoxy) is 1. The molecule has 222 valence electrons. The molecule has 0 bridgehead atoms. The fraction of sp³-hybridized carbons (Fsp3) is 0.273. The summed E-state index contributed by atoms with van der Waals surface area (Å²) in [5, 5.41) is 10.5. The first-order chi connectivity index (χ1) is 20.2. The average Bonchev–Trinajstić information content (AvgIpc) is 2.96. The zero-order valence-electron chi connectivity index (χ0n) is 23.4. The van der Waals surface area contributed by atoms with Crippen LogP contribution in [0.15, 0.2) is 89.8 Å². The lowest BCUT2D eigenvalue weighted by Gasteiger charge is -2.24. The number of phenolic OH excluding ortho intramolecular Hbond substituents is 1. The van der Waals surface area contributed by atoms with Gasteiger partial charge >= 0.3 is 0 Å². The summed E-state index contributed by atoms with van der Waals surface area (Å²) in [6.07, 6.45) is 6.97. The van der Waals surface area contributed by atoms with Crippen molar-refractivity contribution in [1.82, 2.24) is 4.31 Å². The Bertz CT molecular complexity index is 1580. The quantitative estimate of drug-likeness (QED) is 0.141. The molecule has 0 fully saturated rings. The van der Waals surface area contributed by atoms with Crippen LogP contribution in [-0.4, -0.2) is 17.8 Å². The Morgan fingerprint density at radius 1 is 0.786 bits per heavy atom. The lowest BCUT2D eigenvalue weighted by atomic mass is 10.0. The molecule has 4 aromatic rings. The van der Waals surface area contributed by atoms with Crippen molar-refractivity contribution in [3.63, 3.8) is 0 Å². The number of rotatable bonds is 14. The highest BCUT2D eigenvalue weighted by molar-refractivity contribution is 7.89. The van der Waals surface area contributed by atoms with Crippen LogP contribution in [0.5, 0.6) is 17.2 Å². The van der Waals surface area contributed by atoms with E-state index in [0.29, 0.717) is 17.1 Å². The molecule has 5 nitrogen and oxygen atoms in total. The standard InChI is InChI=1S/C33H34Cl2FNO4S/c1-2-3-4-5-6-8-24-11-13-25(14-12-24)22-37(42(39,40)32-21-27(34)20-31(35)33(32)38)23-26-9-7-10-30(19-26)41-29-17-15-28(36)16-18-29/h7,9-21,38H,2-6,8,22-23H2,1H3. The van der Waals surface area contributed by atoms with Crippen LogP contribution >= 0.6 is 23.2 Å². The molecule has 42 heavy (non-hydrogen) atoms. The molecule has 0 aromatic heterocycles. The summed E-state index contributed by atoms with van der Waals surface area (Å²) in [4.78, 5) is -0.373. The van der Waals surface area contributed by atoms with Gasteiger partial charge in [0.15, 0.2) is 5.75 Å². The summed E-state index contributed by atoms with van der Waals surface area (Å²) in [5.74, 6) is -0.0189. The number of aromatic hydroxyl groups is 1. The van der Waals surface area contributed by atoms with Gasteiger partial charge in [-0.1, -0.05) is 92.2 Å². The van der Waals surface area contributed by atoms with E-state index in [1.54, 1.807) is 24.3 Å². The summed E-state index contributed by atoms with van der Waals surface area (Å²) in [6.45, 7) is 2.22. The highest BCUT2D eigenvalue weighted by atomic mass is 35.5. The zero-order chi connectivity index (χ0) is 30.1. The number of unbranched alkanes of at least 4 members (excludes halogenated alkanes) is 4. The van der Waals surface area contributed by atoms with E-state index in [2.05, 4.69) is 6.92 Å². The average molecular weight is 631 g/mol. The molecule has 0 aliphatic heterocycles. The van der Waals surface area contributed by atoms with Gasteiger partial charge in [-0.2, -0.15) is 4.31 Å². The summed E-state index contributed by atoms with van der Waals surface area (Å²) in [7, 11) is -4.25. The minimum atomic E-state index is -4.25. The molecule has 0 radical (unpaired) electrons. The van der Waals surface area contributed by atoms with Gasteiger partial charge in [-0.3, -0.25) is 0 Å². The van der Waals surface area contributed by atoms with E-state index in [1.165, 1.54) is 72.0 Å². The van der Waals surface area contributed by atoms with Gasteiger partial charge in [0.25, 0.3) is 0 Å². The Morgan fingerprint density at radius 3 is 2.17 bits per heavy atom. The highest BCUT2D eigenvalue weighted by Crippen LogP contribution is 2.37. The van der Waals surface area contributed by atoms with Gasteiger partial charge in [0, 0.05) is 18.1 Å². The SMILES string of the molecule is CCCCCCCc1ccc(CN(Cc2cccc(Oc3ccc(F)cc3)c2)S(=O)(=O)c2cc(Cl)cc(Cl)c2O)cc1. The molecule has 0 saturated carbocycles. The monoisotopic (exact) mass is 629 g/mol. The van der Waals surface area contributed by atoms with Crippen LogP contribution in [0.2, 0.25) is 10.0 Å². The van der Waals surface area contributed by atoms with Crippen LogP contribution in [0, 0.1) is 5.82 Å². The van der Waals surface area contributed by atoms with Gasteiger partial charge < -0.3 is 9.84 Å². The maximum atomic E-state index is 14.0. The molecule has 0 atom stereocenters. The maximum Gasteiger partial charge on any atom is 0.247 e. The molecular formula is C33H34Cl2FNO4S. The molecule has 9 heteroatoms. The predicted octanol–water partition coefficient (Wildman–Crippen LogP) is 9.53. The number of hydrogen-bond acceptors (Lipinski definition) is 4. The molecule has 0 heterocycles. The topological polar surface area (TPSA) is 66.8 Å². The molecule has 0 spiro atoms. The van der Waals surface area contributed by atoms with Gasteiger partial charge in [-0.05, 0) is 78.1 Å². The zero-order valence-corrected chi connectivity index (χ0v) is 25.7. The van der Waals surface area contributed by atoms with Gasteiger partial charge in [-0.15, -0.1) is 0 Å². The van der Waals surface area contributed by atoms with Crippen LogP contribution in [0.4, 0.5) is 4.39 Å². The van der Waals surface area contributed by atoms with Crippen molar-refractivity contribution in [2.75, 3.05) is 0 Å². The Morgan fingerprint density at radius 2 is 1.45 bits per heavy atom. The third kappa shape index (κ3) is 8.71. The first-order valence-corrected chi connectivity index (χ1v) is 16.1. The fourth-order valence-electron chi connectivity index (χ4n) is 4.60. The van der Waals surface area contributed by atoms with Crippen molar-refractivity contribution >= 4 is 33.2 Å². The molecule has 0 aliphatic carbocycles. The number of sulfonamides is 1. The van der Waals surface area contributed by atoms with E-state index in [-0.39, 0.29) is 33.8 Å². The third-order valence-corrected chi connectivity index (χ3v) is 9.18. The van der Waals surface area contributed by atoms with Crippen LogP contribution in [-0.2, 0) is 29.5 Å². The van der Waals surface area contributed by atoms with Crippen molar-refractivity contribution in [2.45, 2.75) is 63.4 Å². The molecule has 4 rings (SSSR count). The Balaban J connectivity index is 1.59. The smallest absolute Gasteiger partial charge is 0.247 e. The van der Waals surface area contributed by atoms with Crippen LogP contribution < -0.4 is 4.74 Å². The first kappa shape index (κ1) is 31.8. The number of nitrogens with zero attached hydrogens (tertiary/aromatic N) is 1. The number of benzene rings is 4. The lowest BCUT2D eigenvalue weighted by Crippen LogP contribution is -2.30. The van der Waals surface area contributed by atoms with Crippen molar-refractivity contribution in [2.24, 2.45) is 0 Å². The predicted molar refractivity (Wildman–Crippen MR) is 166 cm³/mol. The second-order valence-corrected chi connectivity index (χ2v) is 12.9. The van der Waals surface area contributed by atoms with Crippen LogP contribution in [0.3, 0.4) is 0 Å². The minimum absolute atomic E-state index is 0.0221. The normalized spacial score (nSPS) is 11.6. The Hall–Kier alpha value is -3.10. The molecule has 0 aliphatic rings. The van der Waals surface area contributed by atoms with Gasteiger partial charge in [-0.25, -0.2) is 12.8 Å². The number of halogens is 3. The third-order valence-electron chi connectivity index (χ3n) is 6.87. The van der Waals surface area contributed by atoms with E-state index in [0.717, 1.165) is 18.4 Å². The summed E-state index contributed by atoms with van der Waals surface area (Å²) >= 11 is 12.2. The van der Waals surface area contributed by atoms with Crippen molar-refractivity contribution in [3.8, 4) is 17.2 Å². The second-order valence-electron chi connectivity index (χ2n) is 10.2. The van der Waals surface area contributed by atoms with Crippen LogP contribution in [0.25, 0.3) is 0 Å². The summed E-state index contributed by atoms with van der Waals surface area (Å²) in [6, 6.07) is 23.0.